The van der Waals surface area contributed by atoms with Crippen molar-refractivity contribution in [3.8, 4) is 0 Å². The van der Waals surface area contributed by atoms with Crippen LogP contribution in [-0.2, 0) is 6.54 Å². The third kappa shape index (κ3) is 2.16. The Hall–Kier alpha value is -2.96. The van der Waals surface area contributed by atoms with Gasteiger partial charge in [-0.25, -0.2) is 5.10 Å². The van der Waals surface area contributed by atoms with Gasteiger partial charge >= 0.3 is 0 Å². The first-order valence-corrected chi connectivity index (χ1v) is 5.99. The lowest BCUT2D eigenvalue weighted by Gasteiger charge is -2.05. The predicted molar refractivity (Wildman–Crippen MR) is 72.1 cm³/mol. The topological polar surface area (TPSA) is 104 Å². The van der Waals surface area contributed by atoms with E-state index >= 15 is 0 Å². The van der Waals surface area contributed by atoms with E-state index in [0.29, 0.717) is 17.3 Å². The molecule has 7 nitrogen and oxygen atoms in total. The molecule has 0 aliphatic heterocycles. The number of amides is 1. The summed E-state index contributed by atoms with van der Waals surface area (Å²) in [4.78, 5) is 23.8. The number of fused-ring (bicyclic) bond motifs is 1. The van der Waals surface area contributed by atoms with Crippen molar-refractivity contribution in [2.45, 2.75) is 6.54 Å². The van der Waals surface area contributed by atoms with Gasteiger partial charge in [0, 0.05) is 11.6 Å². The van der Waals surface area contributed by atoms with Crippen LogP contribution >= 0.6 is 0 Å². The third-order valence-electron chi connectivity index (χ3n) is 2.91. The van der Waals surface area contributed by atoms with E-state index in [1.165, 1.54) is 0 Å². The van der Waals surface area contributed by atoms with E-state index in [9.17, 15) is 9.59 Å². The summed E-state index contributed by atoms with van der Waals surface area (Å²) >= 11 is 0. The average Bonchev–Trinajstić information content (AvgIpc) is 2.99. The molecule has 0 saturated carbocycles. The summed E-state index contributed by atoms with van der Waals surface area (Å²) in [6.07, 6.45) is 1.61. The zero-order chi connectivity index (χ0) is 13.9. The number of rotatable bonds is 3. The molecule has 0 saturated heterocycles. The van der Waals surface area contributed by atoms with Crippen LogP contribution in [0.15, 0.2) is 41.3 Å². The summed E-state index contributed by atoms with van der Waals surface area (Å²) in [5, 5.41) is 16.4. The normalized spacial score (nSPS) is 10.6. The Kier molecular flexibility index (Phi) is 3.00. The van der Waals surface area contributed by atoms with Crippen molar-refractivity contribution < 1.29 is 4.79 Å². The van der Waals surface area contributed by atoms with Crippen molar-refractivity contribution in [1.29, 1.82) is 0 Å². The van der Waals surface area contributed by atoms with Crippen molar-refractivity contribution in [3.63, 3.8) is 0 Å². The van der Waals surface area contributed by atoms with Crippen LogP contribution in [0.5, 0.6) is 0 Å². The lowest BCUT2D eigenvalue weighted by atomic mass is 10.1. The van der Waals surface area contributed by atoms with Crippen LogP contribution in [0.25, 0.3) is 10.8 Å². The highest BCUT2D eigenvalue weighted by Crippen LogP contribution is 2.12. The smallest absolute Gasteiger partial charge is 0.272 e. The summed E-state index contributed by atoms with van der Waals surface area (Å²) < 4.78 is 0. The molecule has 0 radical (unpaired) electrons. The second-order valence-corrected chi connectivity index (χ2v) is 4.21. The van der Waals surface area contributed by atoms with Crippen LogP contribution in [0, 0.1) is 0 Å². The number of carbonyl (C=O) groups excluding carboxylic acids is 1. The zero-order valence-corrected chi connectivity index (χ0v) is 10.4. The van der Waals surface area contributed by atoms with Gasteiger partial charge in [-0.15, -0.1) is 0 Å². The molecule has 3 N–H and O–H groups in total. The fourth-order valence-corrected chi connectivity index (χ4v) is 1.93. The molecule has 20 heavy (non-hydrogen) atoms. The second-order valence-electron chi connectivity index (χ2n) is 4.21. The van der Waals surface area contributed by atoms with Crippen molar-refractivity contribution in [3.05, 3.63) is 58.3 Å². The Morgan fingerprint density at radius 1 is 1.15 bits per heavy atom. The molecule has 0 spiro atoms. The Labute approximate surface area is 113 Å². The van der Waals surface area contributed by atoms with E-state index in [1.807, 2.05) is 0 Å². The molecule has 100 valence electrons. The number of nitrogens with one attached hydrogen (secondary N) is 3. The molecule has 7 heteroatoms. The molecular weight excluding hydrogens is 258 g/mol. The van der Waals surface area contributed by atoms with Gasteiger partial charge in [-0.1, -0.05) is 18.2 Å². The van der Waals surface area contributed by atoms with Gasteiger partial charge < -0.3 is 5.32 Å². The maximum atomic E-state index is 12.1. The average molecular weight is 269 g/mol. The number of H-pyrrole nitrogens is 2. The number of aromatic amines is 2. The monoisotopic (exact) mass is 269 g/mol. The Morgan fingerprint density at radius 2 is 1.95 bits per heavy atom. The zero-order valence-electron chi connectivity index (χ0n) is 10.4. The molecule has 3 aromatic rings. The van der Waals surface area contributed by atoms with Gasteiger partial charge in [-0.3, -0.25) is 14.7 Å². The first kappa shape index (κ1) is 12.1. The van der Waals surface area contributed by atoms with Crippen LogP contribution in [0.1, 0.15) is 16.2 Å². The Balaban J connectivity index is 1.92. The molecule has 0 aliphatic rings. The van der Waals surface area contributed by atoms with Crippen molar-refractivity contribution in [1.82, 2.24) is 25.7 Å². The lowest BCUT2D eigenvalue weighted by molar-refractivity contribution is 0.0946. The summed E-state index contributed by atoms with van der Waals surface area (Å²) in [7, 11) is 0. The molecule has 0 aliphatic carbocycles. The molecule has 2 heterocycles. The first-order chi connectivity index (χ1) is 9.75. The van der Waals surface area contributed by atoms with Crippen LogP contribution in [0.4, 0.5) is 0 Å². The molecule has 2 aromatic heterocycles. The van der Waals surface area contributed by atoms with Crippen molar-refractivity contribution in [2.24, 2.45) is 0 Å². The van der Waals surface area contributed by atoms with E-state index < -0.39 is 0 Å². The molecule has 1 aromatic carbocycles. The van der Waals surface area contributed by atoms with E-state index in [-0.39, 0.29) is 17.2 Å². The number of hydrogen-bond acceptors (Lipinski definition) is 4. The van der Waals surface area contributed by atoms with Crippen LogP contribution < -0.4 is 10.9 Å². The van der Waals surface area contributed by atoms with Gasteiger partial charge in [0.1, 0.15) is 0 Å². The Morgan fingerprint density at radius 3 is 2.70 bits per heavy atom. The van der Waals surface area contributed by atoms with Crippen LogP contribution in [0.3, 0.4) is 0 Å². The number of hydrogen-bond donors (Lipinski definition) is 3. The number of aromatic nitrogens is 4. The summed E-state index contributed by atoms with van der Waals surface area (Å²) in [5.41, 5.74) is 0.664. The summed E-state index contributed by atoms with van der Waals surface area (Å²) in [6.45, 7) is 0.313. The molecule has 0 atom stereocenters. The minimum absolute atomic E-state index is 0.194. The van der Waals surface area contributed by atoms with Gasteiger partial charge in [0.05, 0.1) is 17.6 Å². The highest BCUT2D eigenvalue weighted by molar-refractivity contribution is 6.04. The molecular formula is C13H11N5O2. The number of nitrogens with zero attached hydrogens (tertiary/aromatic N) is 2. The van der Waals surface area contributed by atoms with Crippen molar-refractivity contribution in [2.75, 3.05) is 0 Å². The third-order valence-corrected chi connectivity index (χ3v) is 2.91. The molecule has 0 bridgehead atoms. The highest BCUT2D eigenvalue weighted by Gasteiger charge is 2.13. The highest BCUT2D eigenvalue weighted by atomic mass is 16.2. The SMILES string of the molecule is O=C(NCc1ccn[nH]1)c1n[nH]c(=O)c2ccccc12. The van der Waals surface area contributed by atoms with E-state index in [0.717, 1.165) is 5.69 Å². The van der Waals surface area contributed by atoms with E-state index in [4.69, 9.17) is 0 Å². The molecule has 1 amide bonds. The minimum atomic E-state index is -0.355. The van der Waals surface area contributed by atoms with E-state index in [1.54, 1.807) is 36.5 Å². The Bertz CT molecular complexity index is 807. The fourth-order valence-electron chi connectivity index (χ4n) is 1.93. The maximum Gasteiger partial charge on any atom is 0.272 e. The molecule has 3 rings (SSSR count). The maximum absolute atomic E-state index is 12.1. The van der Waals surface area contributed by atoms with Crippen molar-refractivity contribution >= 4 is 16.7 Å². The van der Waals surface area contributed by atoms with Gasteiger partial charge in [-0.05, 0) is 12.1 Å². The lowest BCUT2D eigenvalue weighted by Crippen LogP contribution is -2.26. The molecule has 0 unspecified atom stereocenters. The first-order valence-electron chi connectivity index (χ1n) is 5.99. The minimum Gasteiger partial charge on any atom is -0.345 e. The van der Waals surface area contributed by atoms with Gasteiger partial charge in [-0.2, -0.15) is 10.2 Å². The predicted octanol–water partition coefficient (Wildman–Crippen LogP) is 0.576. The number of carbonyl (C=O) groups is 1. The molecule has 0 fully saturated rings. The van der Waals surface area contributed by atoms with Gasteiger partial charge in [0.2, 0.25) is 0 Å². The van der Waals surface area contributed by atoms with Gasteiger partial charge in [0.25, 0.3) is 11.5 Å². The summed E-state index contributed by atoms with van der Waals surface area (Å²) in [6, 6.07) is 8.61. The van der Waals surface area contributed by atoms with Crippen LogP contribution in [0.2, 0.25) is 0 Å². The largest absolute Gasteiger partial charge is 0.345 e. The van der Waals surface area contributed by atoms with E-state index in [2.05, 4.69) is 25.7 Å². The second kappa shape index (κ2) is 4.96. The fraction of sp³-hybridized carbons (Fsp3) is 0.0769. The number of benzene rings is 1. The standard InChI is InChI=1S/C13H11N5O2/c19-12-10-4-2-1-3-9(10)11(17-18-12)13(20)14-7-8-5-6-15-16-8/h1-6H,7H2,(H,14,20)(H,15,16)(H,18,19). The van der Waals surface area contributed by atoms with Crippen LogP contribution in [-0.4, -0.2) is 26.3 Å². The van der Waals surface area contributed by atoms with Gasteiger partial charge in [0.15, 0.2) is 5.69 Å². The quantitative estimate of drug-likeness (QED) is 0.646. The summed E-state index contributed by atoms with van der Waals surface area (Å²) in [5.74, 6) is -0.355.